The molecule has 0 bridgehead atoms. The number of phenolic OH excluding ortho intramolecular Hbond substituents is 1. The second-order valence-corrected chi connectivity index (χ2v) is 11.6. The van der Waals surface area contributed by atoms with Gasteiger partial charge in [0.1, 0.15) is 5.75 Å². The van der Waals surface area contributed by atoms with Crippen molar-refractivity contribution in [2.75, 3.05) is 7.11 Å². The highest BCUT2D eigenvalue weighted by Gasteiger charge is 2.26. The lowest BCUT2D eigenvalue weighted by atomic mass is 9.78. The van der Waals surface area contributed by atoms with Crippen LogP contribution in [0.5, 0.6) is 17.2 Å². The Morgan fingerprint density at radius 3 is 2.11 bits per heavy atom. The minimum absolute atomic E-state index is 0.220. The molecule has 8 heteroatoms. The largest absolute Gasteiger partial charge is 0.507 e. The third-order valence-electron chi connectivity index (χ3n) is 5.33. The third kappa shape index (κ3) is 7.95. The summed E-state index contributed by atoms with van der Waals surface area (Å²) in [5, 5.41) is 14.9. The van der Waals surface area contributed by atoms with E-state index >= 15 is 0 Å². The minimum atomic E-state index is -0.437. The zero-order chi connectivity index (χ0) is 26.6. The van der Waals surface area contributed by atoms with Crippen molar-refractivity contribution in [3.63, 3.8) is 0 Å². The van der Waals surface area contributed by atoms with Crippen LogP contribution in [0.15, 0.2) is 29.4 Å². The van der Waals surface area contributed by atoms with Crippen molar-refractivity contribution < 1.29 is 24.2 Å². The quantitative estimate of drug-likeness (QED) is 0.143. The number of phenols is 1. The molecule has 7 nitrogen and oxygen atoms in total. The molecule has 2 N–H and O–H groups in total. The van der Waals surface area contributed by atoms with E-state index in [1.54, 1.807) is 12.1 Å². The van der Waals surface area contributed by atoms with Crippen LogP contribution in [0.3, 0.4) is 0 Å². The number of carbonyl (C=O) groups excluding carboxylic acids is 2. The van der Waals surface area contributed by atoms with Gasteiger partial charge in [-0.3, -0.25) is 9.59 Å². The number of rotatable bonds is 7. The molecular formula is C27H35IN2O5. The maximum Gasteiger partial charge on any atom is 0.308 e. The van der Waals surface area contributed by atoms with Crippen molar-refractivity contribution >= 4 is 40.7 Å². The van der Waals surface area contributed by atoms with Gasteiger partial charge in [0.15, 0.2) is 11.5 Å². The van der Waals surface area contributed by atoms with Crippen LogP contribution >= 0.6 is 22.6 Å². The number of halogens is 1. The number of nitrogens with one attached hydrogen (secondary N) is 1. The molecule has 0 saturated heterocycles. The van der Waals surface area contributed by atoms with Crippen LogP contribution in [0.1, 0.15) is 77.1 Å². The van der Waals surface area contributed by atoms with Crippen LogP contribution in [0.25, 0.3) is 0 Å². The van der Waals surface area contributed by atoms with Gasteiger partial charge in [-0.25, -0.2) is 5.43 Å². The first-order valence-electron chi connectivity index (χ1n) is 11.4. The molecule has 190 valence electrons. The van der Waals surface area contributed by atoms with Crippen LogP contribution in [-0.4, -0.2) is 30.3 Å². The molecule has 2 aromatic carbocycles. The van der Waals surface area contributed by atoms with E-state index in [4.69, 9.17) is 9.47 Å². The normalized spacial score (nSPS) is 12.0. The topological polar surface area (TPSA) is 97.2 Å². The number of amides is 1. The molecule has 1 amide bonds. The Morgan fingerprint density at radius 1 is 1.06 bits per heavy atom. The van der Waals surface area contributed by atoms with Crippen LogP contribution in [0, 0.1) is 3.57 Å². The lowest BCUT2D eigenvalue weighted by molar-refractivity contribution is -0.132. The molecule has 0 aliphatic heterocycles. The van der Waals surface area contributed by atoms with Gasteiger partial charge in [-0.1, -0.05) is 53.7 Å². The number of methoxy groups -OCH3 is 1. The summed E-state index contributed by atoms with van der Waals surface area (Å²) in [6, 6.07) is 7.42. The zero-order valence-corrected chi connectivity index (χ0v) is 23.9. The molecule has 0 aliphatic carbocycles. The molecule has 0 fully saturated rings. The van der Waals surface area contributed by atoms with Gasteiger partial charge in [0, 0.05) is 13.3 Å². The van der Waals surface area contributed by atoms with Crippen LogP contribution in [-0.2, 0) is 26.8 Å². The lowest BCUT2D eigenvalue weighted by Crippen LogP contribution is -2.20. The third-order valence-corrected chi connectivity index (χ3v) is 6.13. The van der Waals surface area contributed by atoms with Crippen LogP contribution in [0.2, 0.25) is 0 Å². The van der Waals surface area contributed by atoms with Gasteiger partial charge in [0.25, 0.3) is 0 Å². The molecule has 0 radical (unpaired) electrons. The number of ether oxygens (including phenoxy) is 2. The van der Waals surface area contributed by atoms with Crippen molar-refractivity contribution in [2.24, 2.45) is 5.10 Å². The van der Waals surface area contributed by atoms with Gasteiger partial charge in [-0.05, 0) is 74.2 Å². The number of carbonyl (C=O) groups is 2. The first-order chi connectivity index (χ1) is 16.1. The maximum atomic E-state index is 12.4. The van der Waals surface area contributed by atoms with Crippen molar-refractivity contribution in [1.82, 2.24) is 5.43 Å². The summed E-state index contributed by atoms with van der Waals surface area (Å²) in [5.74, 6) is 0.416. The molecule has 2 aromatic rings. The summed E-state index contributed by atoms with van der Waals surface area (Å²) in [5.41, 5.74) is 5.54. The van der Waals surface area contributed by atoms with E-state index in [1.165, 1.54) is 20.2 Å². The Bertz CT molecular complexity index is 1090. The van der Waals surface area contributed by atoms with E-state index in [9.17, 15) is 14.7 Å². The van der Waals surface area contributed by atoms with E-state index in [-0.39, 0.29) is 23.2 Å². The summed E-state index contributed by atoms with van der Waals surface area (Å²) in [7, 11) is 1.49. The summed E-state index contributed by atoms with van der Waals surface area (Å²) >= 11 is 2.05. The number of aryl methyl sites for hydroxylation is 1. The summed E-state index contributed by atoms with van der Waals surface area (Å²) in [6.45, 7) is 13.7. The smallest absolute Gasteiger partial charge is 0.308 e. The number of hydrogen-bond donors (Lipinski definition) is 2. The molecule has 0 unspecified atom stereocenters. The van der Waals surface area contributed by atoms with Gasteiger partial charge in [-0.2, -0.15) is 5.10 Å². The fourth-order valence-corrected chi connectivity index (χ4v) is 4.27. The average molecular weight is 594 g/mol. The zero-order valence-electron chi connectivity index (χ0n) is 21.7. The molecule has 0 aliphatic rings. The Morgan fingerprint density at radius 2 is 1.63 bits per heavy atom. The fraction of sp³-hybridized carbons (Fsp3) is 0.444. The minimum Gasteiger partial charge on any atom is -0.507 e. The van der Waals surface area contributed by atoms with E-state index in [1.807, 2.05) is 34.7 Å². The molecule has 0 aromatic heterocycles. The van der Waals surface area contributed by atoms with Gasteiger partial charge < -0.3 is 14.6 Å². The first-order valence-corrected chi connectivity index (χ1v) is 12.5. The SMILES string of the molecule is COc1cc(/C=N\NC(=O)CCc2cc(C(C)(C)C)c(O)c(C(C)(C)C)c2)cc(I)c1OC(C)=O. The second-order valence-electron chi connectivity index (χ2n) is 10.5. The van der Waals surface area contributed by atoms with E-state index in [2.05, 4.69) is 52.1 Å². The number of esters is 1. The predicted molar refractivity (Wildman–Crippen MR) is 147 cm³/mol. The maximum absolute atomic E-state index is 12.4. The second kappa shape index (κ2) is 11.4. The van der Waals surface area contributed by atoms with Gasteiger partial charge >= 0.3 is 5.97 Å². The van der Waals surface area contributed by atoms with Crippen LogP contribution in [0.4, 0.5) is 0 Å². The summed E-state index contributed by atoms with van der Waals surface area (Å²) in [4.78, 5) is 23.8. The molecular weight excluding hydrogens is 559 g/mol. The van der Waals surface area contributed by atoms with Crippen molar-refractivity contribution in [3.8, 4) is 17.2 Å². The number of hydrazone groups is 1. The fourth-order valence-electron chi connectivity index (χ4n) is 3.53. The van der Waals surface area contributed by atoms with Crippen molar-refractivity contribution in [1.29, 1.82) is 0 Å². The molecule has 0 atom stereocenters. The van der Waals surface area contributed by atoms with Gasteiger partial charge in [0.05, 0.1) is 16.9 Å². The van der Waals surface area contributed by atoms with Crippen molar-refractivity contribution in [3.05, 3.63) is 50.1 Å². The Kier molecular flexibility index (Phi) is 9.33. The first kappa shape index (κ1) is 28.6. The molecule has 35 heavy (non-hydrogen) atoms. The summed E-state index contributed by atoms with van der Waals surface area (Å²) < 4.78 is 11.2. The number of hydrogen-bond acceptors (Lipinski definition) is 6. The predicted octanol–water partition coefficient (Wildman–Crippen LogP) is 5.61. The lowest BCUT2D eigenvalue weighted by Gasteiger charge is -2.28. The van der Waals surface area contributed by atoms with Crippen molar-refractivity contribution in [2.45, 2.75) is 72.1 Å². The average Bonchev–Trinajstić information content (AvgIpc) is 2.72. The Labute approximate surface area is 221 Å². The monoisotopic (exact) mass is 594 g/mol. The molecule has 0 saturated carbocycles. The highest BCUT2D eigenvalue weighted by atomic mass is 127. The van der Waals surface area contributed by atoms with Gasteiger partial charge in [0.2, 0.25) is 5.91 Å². The Hall–Kier alpha value is -2.62. The number of aromatic hydroxyl groups is 1. The highest BCUT2D eigenvalue weighted by molar-refractivity contribution is 14.1. The highest BCUT2D eigenvalue weighted by Crippen LogP contribution is 2.40. The number of nitrogens with zero attached hydrogens (tertiary/aromatic N) is 1. The van der Waals surface area contributed by atoms with Gasteiger partial charge in [-0.15, -0.1) is 0 Å². The summed E-state index contributed by atoms with van der Waals surface area (Å²) in [6.07, 6.45) is 2.29. The van der Waals surface area contributed by atoms with E-state index in [0.29, 0.717) is 32.8 Å². The Balaban J connectivity index is 2.12. The van der Waals surface area contributed by atoms with Crippen LogP contribution < -0.4 is 14.9 Å². The number of benzene rings is 2. The van der Waals surface area contributed by atoms with E-state index < -0.39 is 5.97 Å². The van der Waals surface area contributed by atoms with E-state index in [0.717, 1.165) is 16.7 Å². The molecule has 0 spiro atoms. The molecule has 0 heterocycles. The molecule has 2 rings (SSSR count). The standard InChI is InChI=1S/C27H35IN2O5/c1-16(31)35-25-21(28)13-18(14-22(25)34-8)15-29-30-23(32)10-9-17-11-19(26(2,3)4)24(33)20(12-17)27(5,6)7/h11-15,33H,9-10H2,1-8H3,(H,30,32)/b29-15-.